The number of piperidine rings is 1. The number of esters is 1. The molecule has 276 valence electrons. The Bertz CT molecular complexity index is 1250. The predicted molar refractivity (Wildman–Crippen MR) is 202 cm³/mol. The number of rotatable bonds is 9. The number of amides is 2. The van der Waals surface area contributed by atoms with Crippen molar-refractivity contribution in [1.82, 2.24) is 20.4 Å². The van der Waals surface area contributed by atoms with E-state index < -0.39 is 5.60 Å². The summed E-state index contributed by atoms with van der Waals surface area (Å²) in [5.41, 5.74) is 10.3. The first-order valence-electron chi connectivity index (χ1n) is 17.7. The van der Waals surface area contributed by atoms with Crippen molar-refractivity contribution in [1.29, 1.82) is 0 Å². The van der Waals surface area contributed by atoms with Gasteiger partial charge in [0.15, 0.2) is 0 Å². The molecule has 10 heteroatoms. The van der Waals surface area contributed by atoms with E-state index in [0.717, 1.165) is 57.7 Å². The minimum Gasteiger partial charge on any atom is -0.466 e. The summed E-state index contributed by atoms with van der Waals surface area (Å²) in [5.74, 6) is -0.529. The summed E-state index contributed by atoms with van der Waals surface area (Å²) in [5, 5.41) is 5.69. The van der Waals surface area contributed by atoms with Gasteiger partial charge in [0, 0.05) is 55.6 Å². The van der Waals surface area contributed by atoms with Crippen molar-refractivity contribution >= 4 is 18.0 Å². The molecule has 0 aromatic rings. The van der Waals surface area contributed by atoms with Gasteiger partial charge in [-0.25, -0.2) is 9.59 Å². The number of hydrogen-bond donors (Lipinski definition) is 3. The average Bonchev–Trinajstić information content (AvgIpc) is 3.42. The van der Waals surface area contributed by atoms with Crippen LogP contribution in [0.25, 0.3) is 0 Å². The second-order valence-electron chi connectivity index (χ2n) is 12.4. The lowest BCUT2D eigenvalue weighted by molar-refractivity contribution is -0.136. The van der Waals surface area contributed by atoms with Gasteiger partial charge in [0.2, 0.25) is 5.91 Å². The van der Waals surface area contributed by atoms with Gasteiger partial charge in [-0.2, -0.15) is 0 Å². The number of ether oxygens (including phenoxy) is 2. The molecule has 1 fully saturated rings. The maximum Gasteiger partial charge on any atom is 0.407 e. The molecular formula is C39H65N5O5. The molecule has 0 radical (unpaired) electrons. The molecule has 1 aliphatic heterocycles. The van der Waals surface area contributed by atoms with Gasteiger partial charge in [-0.15, -0.1) is 0 Å². The second kappa shape index (κ2) is 25.0. The maximum atomic E-state index is 12.2. The van der Waals surface area contributed by atoms with Crippen LogP contribution in [-0.4, -0.2) is 72.8 Å². The van der Waals surface area contributed by atoms with Gasteiger partial charge in [-0.3, -0.25) is 9.69 Å². The first-order chi connectivity index (χ1) is 23.3. The molecule has 10 nitrogen and oxygen atoms in total. The van der Waals surface area contributed by atoms with Crippen LogP contribution in [0, 0.1) is 0 Å². The molecule has 1 saturated heterocycles. The molecule has 3 rings (SSSR count). The van der Waals surface area contributed by atoms with Crippen LogP contribution in [0.1, 0.15) is 101 Å². The molecular weight excluding hydrogens is 618 g/mol. The van der Waals surface area contributed by atoms with E-state index in [2.05, 4.69) is 56.4 Å². The number of alkyl carbamates (subject to hydrolysis) is 1. The lowest BCUT2D eigenvalue weighted by atomic mass is 10.0. The van der Waals surface area contributed by atoms with Crippen LogP contribution in [0.2, 0.25) is 0 Å². The number of carbonyl (C=O) groups excluding carboxylic acids is 3. The summed E-state index contributed by atoms with van der Waals surface area (Å²) >= 11 is 0. The fourth-order valence-electron chi connectivity index (χ4n) is 5.15. The Morgan fingerprint density at radius 2 is 1.71 bits per heavy atom. The van der Waals surface area contributed by atoms with E-state index in [1.165, 1.54) is 25.2 Å². The summed E-state index contributed by atoms with van der Waals surface area (Å²) in [6.07, 6.45) is 21.9. The van der Waals surface area contributed by atoms with Gasteiger partial charge in [0.25, 0.3) is 0 Å². The lowest BCUT2D eigenvalue weighted by Gasteiger charge is -2.37. The van der Waals surface area contributed by atoms with Gasteiger partial charge in [-0.05, 0) is 77.1 Å². The Morgan fingerprint density at radius 1 is 1.04 bits per heavy atom. The third kappa shape index (κ3) is 20.2. The predicted octanol–water partition coefficient (Wildman–Crippen LogP) is 7.40. The van der Waals surface area contributed by atoms with Crippen LogP contribution in [0.4, 0.5) is 4.79 Å². The average molecular weight is 684 g/mol. The van der Waals surface area contributed by atoms with Gasteiger partial charge in [0.1, 0.15) is 5.60 Å². The first kappa shape index (κ1) is 45.0. The van der Waals surface area contributed by atoms with Crippen molar-refractivity contribution < 1.29 is 23.9 Å². The zero-order valence-corrected chi connectivity index (χ0v) is 32.2. The Balaban J connectivity index is 0.00000102. The van der Waals surface area contributed by atoms with Crippen molar-refractivity contribution in [3.8, 4) is 0 Å². The van der Waals surface area contributed by atoms with Gasteiger partial charge in [0.05, 0.1) is 13.8 Å². The van der Waals surface area contributed by atoms with Crippen LogP contribution >= 0.6 is 0 Å². The van der Waals surface area contributed by atoms with Gasteiger partial charge in [-0.1, -0.05) is 77.2 Å². The minimum absolute atomic E-state index is 0.103. The first-order valence-corrected chi connectivity index (χ1v) is 17.7. The minimum atomic E-state index is -0.482. The molecule has 0 aromatic carbocycles. The zero-order chi connectivity index (χ0) is 37.4. The van der Waals surface area contributed by atoms with Crippen molar-refractivity contribution in [3.05, 3.63) is 82.9 Å². The highest BCUT2D eigenvalue weighted by Gasteiger charge is 2.25. The van der Waals surface area contributed by atoms with E-state index in [9.17, 15) is 14.4 Å². The van der Waals surface area contributed by atoms with E-state index in [-0.39, 0.29) is 24.0 Å². The summed E-state index contributed by atoms with van der Waals surface area (Å²) in [7, 11) is 1.33. The maximum absolute atomic E-state index is 12.2. The molecule has 2 amide bonds. The zero-order valence-electron chi connectivity index (χ0n) is 32.2. The SMILES string of the molecule is CC.CC.CCC1=CC=CCC=C1CN(/C=C(/C)N)CN1CCCC(NC(=O)OC(C)(C)C)C1.COC(=O)C1=CC=CC=C(NC(C)=O)C1. The number of hydrogen-bond acceptors (Lipinski definition) is 8. The number of nitrogens with two attached hydrogens (primary N) is 1. The smallest absolute Gasteiger partial charge is 0.407 e. The molecule has 2 aliphatic carbocycles. The van der Waals surface area contributed by atoms with Crippen molar-refractivity contribution in [2.75, 3.05) is 33.4 Å². The number of nitrogens with zero attached hydrogens (tertiary/aromatic N) is 2. The summed E-state index contributed by atoms with van der Waals surface area (Å²) in [6.45, 7) is 22.6. The fraction of sp³-hybridized carbons (Fsp3) is 0.564. The molecule has 0 aromatic heterocycles. The number of carbonyl (C=O) groups is 3. The summed E-state index contributed by atoms with van der Waals surface area (Å²) in [6, 6.07) is 0.103. The lowest BCUT2D eigenvalue weighted by Crippen LogP contribution is -2.51. The Morgan fingerprint density at radius 3 is 2.31 bits per heavy atom. The molecule has 4 N–H and O–H groups in total. The van der Waals surface area contributed by atoms with Gasteiger partial charge < -0.3 is 30.7 Å². The molecule has 49 heavy (non-hydrogen) atoms. The number of likely N-dealkylation sites (tertiary alicyclic amines) is 1. The van der Waals surface area contributed by atoms with E-state index in [1.807, 2.05) is 61.6 Å². The second-order valence-corrected chi connectivity index (χ2v) is 12.4. The van der Waals surface area contributed by atoms with E-state index in [0.29, 0.717) is 17.7 Å². The Kier molecular flexibility index (Phi) is 22.9. The third-order valence-corrected chi connectivity index (χ3v) is 6.97. The molecule has 1 unspecified atom stereocenters. The highest BCUT2D eigenvalue weighted by Crippen LogP contribution is 2.21. The van der Waals surface area contributed by atoms with Gasteiger partial charge >= 0.3 is 12.1 Å². The van der Waals surface area contributed by atoms with Crippen molar-refractivity contribution in [2.45, 2.75) is 113 Å². The Labute approximate surface area is 296 Å². The molecule has 0 saturated carbocycles. The third-order valence-electron chi connectivity index (χ3n) is 6.97. The summed E-state index contributed by atoms with van der Waals surface area (Å²) < 4.78 is 10.0. The summed E-state index contributed by atoms with van der Waals surface area (Å²) in [4.78, 5) is 39.0. The number of methoxy groups -OCH3 is 1. The Hall–Kier alpha value is -4.05. The topological polar surface area (TPSA) is 126 Å². The van der Waals surface area contributed by atoms with Crippen LogP contribution in [-0.2, 0) is 19.1 Å². The standard InChI is InChI=1S/C24H40N4O2.C11H13NO3.2C2H6/c1-6-20-11-8-7-9-12-21(20)16-28(15-19(2)25)18-27-14-10-13-22(17-27)26-23(29)30-24(3,4)5;1-8(13)12-10-6-4-3-5-9(7-10)11(14)15-2;2*1-2/h7-8,11-12,15,22H,6,9-10,13-14,16-18,25H2,1-5H3,(H,26,29);3-6H,7H2,1-2H3,(H,12,13);2*1-2H3/b19-15-;;;. The largest absolute Gasteiger partial charge is 0.466 e. The van der Waals surface area contributed by atoms with Crippen LogP contribution in [0.5, 0.6) is 0 Å². The normalized spacial score (nSPS) is 17.5. The highest BCUT2D eigenvalue weighted by molar-refractivity contribution is 5.89. The molecule has 3 aliphatic rings. The van der Waals surface area contributed by atoms with Crippen molar-refractivity contribution in [3.63, 3.8) is 0 Å². The van der Waals surface area contributed by atoms with E-state index >= 15 is 0 Å². The molecule has 1 heterocycles. The fourth-order valence-corrected chi connectivity index (χ4v) is 5.15. The van der Waals surface area contributed by atoms with Crippen LogP contribution < -0.4 is 16.4 Å². The van der Waals surface area contributed by atoms with Crippen LogP contribution in [0.15, 0.2) is 82.9 Å². The number of allylic oxidation sites excluding steroid dienone is 10. The molecule has 1 atom stereocenters. The number of nitrogens with one attached hydrogen (secondary N) is 2. The monoisotopic (exact) mass is 683 g/mol. The van der Waals surface area contributed by atoms with E-state index in [1.54, 1.807) is 24.3 Å². The molecule has 0 spiro atoms. The van der Waals surface area contributed by atoms with Crippen LogP contribution in [0.3, 0.4) is 0 Å². The highest BCUT2D eigenvalue weighted by atomic mass is 16.6. The van der Waals surface area contributed by atoms with E-state index in [4.69, 9.17) is 10.5 Å². The molecule has 0 bridgehead atoms. The van der Waals surface area contributed by atoms with Crippen molar-refractivity contribution in [2.24, 2.45) is 5.73 Å². The quantitative estimate of drug-likeness (QED) is 0.215.